The Kier molecular flexibility index (Phi) is 4.58. The van der Waals surface area contributed by atoms with Crippen LogP contribution in [0, 0.1) is 0 Å². The van der Waals surface area contributed by atoms with Gasteiger partial charge in [0.25, 0.3) is 5.91 Å². The second kappa shape index (κ2) is 6.39. The number of likely N-dealkylation sites (N-methyl/N-ethyl adjacent to an activating group) is 1. The molecule has 0 spiro atoms. The second-order valence-electron chi connectivity index (χ2n) is 4.94. The van der Waals surface area contributed by atoms with E-state index < -0.39 is 0 Å². The van der Waals surface area contributed by atoms with Crippen LogP contribution in [0.3, 0.4) is 0 Å². The minimum Gasteiger partial charge on any atom is -0.398 e. The van der Waals surface area contributed by atoms with Crippen molar-refractivity contribution < 1.29 is 4.79 Å². The normalized spacial score (nSPS) is 10.9. The first kappa shape index (κ1) is 14.3. The summed E-state index contributed by atoms with van der Waals surface area (Å²) < 4.78 is 0. The van der Waals surface area contributed by atoms with Gasteiger partial charge in [-0.1, -0.05) is 31.2 Å². The van der Waals surface area contributed by atoms with E-state index in [0.717, 1.165) is 23.9 Å². The minimum absolute atomic E-state index is 0.113. The first-order valence-electron chi connectivity index (χ1n) is 6.87. The lowest BCUT2D eigenvalue weighted by atomic mass is 10.0. The molecule has 0 aromatic heterocycles. The number of benzene rings is 2. The Balaban J connectivity index is 2.11. The Hall–Kier alpha value is -2.07. The summed E-state index contributed by atoms with van der Waals surface area (Å²) in [6.07, 6.45) is 0. The van der Waals surface area contributed by atoms with E-state index >= 15 is 0 Å². The van der Waals surface area contributed by atoms with Crippen LogP contribution in [0.4, 0.5) is 5.69 Å². The molecule has 0 radical (unpaired) electrons. The molecule has 2 aromatic carbocycles. The number of fused-ring (bicyclic) bond motifs is 1. The molecule has 0 fully saturated rings. The minimum atomic E-state index is -0.113. The summed E-state index contributed by atoms with van der Waals surface area (Å²) in [5, 5.41) is 4.98. The number of hydrogen-bond donors (Lipinski definition) is 2. The van der Waals surface area contributed by atoms with Gasteiger partial charge in [-0.15, -0.1) is 0 Å². The van der Waals surface area contributed by atoms with Crippen molar-refractivity contribution in [2.75, 3.05) is 32.4 Å². The SMILES string of the molecule is CCN(C)CCNC(=O)c1cc2ccccc2cc1N. The average Bonchev–Trinajstić information content (AvgIpc) is 2.46. The zero-order valence-electron chi connectivity index (χ0n) is 12.0. The topological polar surface area (TPSA) is 58.4 Å². The van der Waals surface area contributed by atoms with Gasteiger partial charge in [0.05, 0.1) is 5.56 Å². The summed E-state index contributed by atoms with van der Waals surface area (Å²) in [4.78, 5) is 14.3. The lowest BCUT2D eigenvalue weighted by molar-refractivity contribution is 0.0951. The maximum absolute atomic E-state index is 12.2. The Morgan fingerprint density at radius 2 is 1.90 bits per heavy atom. The van der Waals surface area contributed by atoms with E-state index in [1.807, 2.05) is 43.4 Å². The van der Waals surface area contributed by atoms with Gasteiger partial charge in [-0.2, -0.15) is 0 Å². The number of nitrogen functional groups attached to an aromatic ring is 1. The van der Waals surface area contributed by atoms with Crippen LogP contribution in [0.2, 0.25) is 0 Å². The van der Waals surface area contributed by atoms with E-state index in [4.69, 9.17) is 5.73 Å². The van der Waals surface area contributed by atoms with Crippen molar-refractivity contribution >= 4 is 22.4 Å². The van der Waals surface area contributed by atoms with Crippen molar-refractivity contribution in [1.82, 2.24) is 10.2 Å². The van der Waals surface area contributed by atoms with Crippen molar-refractivity contribution in [3.63, 3.8) is 0 Å². The van der Waals surface area contributed by atoms with E-state index in [9.17, 15) is 4.79 Å². The maximum Gasteiger partial charge on any atom is 0.253 e. The fraction of sp³-hybridized carbons (Fsp3) is 0.312. The zero-order valence-corrected chi connectivity index (χ0v) is 12.0. The van der Waals surface area contributed by atoms with Crippen LogP contribution < -0.4 is 11.1 Å². The highest BCUT2D eigenvalue weighted by Gasteiger charge is 2.10. The smallest absolute Gasteiger partial charge is 0.253 e. The van der Waals surface area contributed by atoms with Gasteiger partial charge in [-0.25, -0.2) is 0 Å². The quantitative estimate of drug-likeness (QED) is 0.819. The number of anilines is 1. The number of nitrogens with one attached hydrogen (secondary N) is 1. The predicted octanol–water partition coefficient (Wildman–Crippen LogP) is 2.10. The van der Waals surface area contributed by atoms with E-state index in [1.54, 1.807) is 0 Å². The maximum atomic E-state index is 12.2. The molecule has 0 aliphatic heterocycles. The Morgan fingerprint density at radius 3 is 2.55 bits per heavy atom. The van der Waals surface area contributed by atoms with Crippen LogP contribution in [0.15, 0.2) is 36.4 Å². The summed E-state index contributed by atoms with van der Waals surface area (Å²) in [6.45, 7) is 4.50. The van der Waals surface area contributed by atoms with Crippen LogP contribution >= 0.6 is 0 Å². The third-order valence-corrected chi connectivity index (χ3v) is 3.48. The van der Waals surface area contributed by atoms with Crippen molar-refractivity contribution in [2.45, 2.75) is 6.92 Å². The van der Waals surface area contributed by atoms with Crippen LogP contribution in [-0.2, 0) is 0 Å². The lowest BCUT2D eigenvalue weighted by Crippen LogP contribution is -2.33. The fourth-order valence-corrected chi connectivity index (χ4v) is 2.07. The van der Waals surface area contributed by atoms with Gasteiger partial charge < -0.3 is 16.0 Å². The van der Waals surface area contributed by atoms with E-state index in [2.05, 4.69) is 17.1 Å². The van der Waals surface area contributed by atoms with Crippen molar-refractivity contribution in [1.29, 1.82) is 0 Å². The van der Waals surface area contributed by atoms with Gasteiger partial charge in [0, 0.05) is 18.8 Å². The highest BCUT2D eigenvalue weighted by molar-refractivity contribution is 6.03. The fourth-order valence-electron chi connectivity index (χ4n) is 2.07. The van der Waals surface area contributed by atoms with Gasteiger partial charge in [0.1, 0.15) is 0 Å². The average molecular weight is 271 g/mol. The molecule has 2 aromatic rings. The van der Waals surface area contributed by atoms with Gasteiger partial charge in [-0.05, 0) is 36.5 Å². The molecule has 0 bridgehead atoms. The summed E-state index contributed by atoms with van der Waals surface area (Å²) in [6, 6.07) is 11.6. The summed E-state index contributed by atoms with van der Waals surface area (Å²) in [5.41, 5.74) is 7.04. The van der Waals surface area contributed by atoms with Crippen molar-refractivity contribution in [2.24, 2.45) is 0 Å². The first-order chi connectivity index (χ1) is 9.61. The summed E-state index contributed by atoms with van der Waals surface area (Å²) >= 11 is 0. The molecule has 20 heavy (non-hydrogen) atoms. The molecule has 3 N–H and O–H groups in total. The zero-order chi connectivity index (χ0) is 14.5. The Morgan fingerprint density at radius 1 is 1.25 bits per heavy atom. The van der Waals surface area contributed by atoms with Gasteiger partial charge in [0.2, 0.25) is 0 Å². The molecule has 0 unspecified atom stereocenters. The third kappa shape index (κ3) is 3.27. The van der Waals surface area contributed by atoms with E-state index in [0.29, 0.717) is 17.8 Å². The number of carbonyl (C=O) groups excluding carboxylic acids is 1. The standard InChI is InChI=1S/C16H21N3O/c1-3-19(2)9-8-18-16(20)14-10-12-6-4-5-7-13(12)11-15(14)17/h4-7,10-11H,3,8-9,17H2,1-2H3,(H,18,20). The third-order valence-electron chi connectivity index (χ3n) is 3.48. The molecule has 0 saturated carbocycles. The van der Waals surface area contributed by atoms with Crippen LogP contribution in [0.5, 0.6) is 0 Å². The molecule has 2 rings (SSSR count). The van der Waals surface area contributed by atoms with E-state index in [1.165, 1.54) is 0 Å². The number of nitrogens with zero attached hydrogens (tertiary/aromatic N) is 1. The van der Waals surface area contributed by atoms with Crippen LogP contribution in [-0.4, -0.2) is 37.5 Å². The molecule has 4 heteroatoms. The number of carbonyl (C=O) groups is 1. The predicted molar refractivity (Wildman–Crippen MR) is 83.9 cm³/mol. The van der Waals surface area contributed by atoms with Gasteiger partial charge in [0.15, 0.2) is 0 Å². The van der Waals surface area contributed by atoms with Crippen molar-refractivity contribution in [3.05, 3.63) is 42.0 Å². The largest absolute Gasteiger partial charge is 0.398 e. The molecule has 0 saturated heterocycles. The molecule has 0 heterocycles. The number of nitrogens with two attached hydrogens (primary N) is 1. The Bertz CT molecular complexity index is 610. The highest BCUT2D eigenvalue weighted by Crippen LogP contribution is 2.21. The molecule has 0 aliphatic carbocycles. The lowest BCUT2D eigenvalue weighted by Gasteiger charge is -2.14. The van der Waals surface area contributed by atoms with Gasteiger partial charge in [-0.3, -0.25) is 4.79 Å². The number of amides is 1. The summed E-state index contributed by atoms with van der Waals surface area (Å²) in [5.74, 6) is -0.113. The van der Waals surface area contributed by atoms with E-state index in [-0.39, 0.29) is 5.91 Å². The molecular weight excluding hydrogens is 250 g/mol. The molecule has 1 amide bonds. The van der Waals surface area contributed by atoms with Crippen LogP contribution in [0.25, 0.3) is 10.8 Å². The molecule has 4 nitrogen and oxygen atoms in total. The summed E-state index contributed by atoms with van der Waals surface area (Å²) in [7, 11) is 2.02. The van der Waals surface area contributed by atoms with Gasteiger partial charge >= 0.3 is 0 Å². The molecule has 106 valence electrons. The number of rotatable bonds is 5. The molecule has 0 aliphatic rings. The number of hydrogen-bond acceptors (Lipinski definition) is 3. The van der Waals surface area contributed by atoms with Crippen molar-refractivity contribution in [3.8, 4) is 0 Å². The second-order valence-corrected chi connectivity index (χ2v) is 4.94. The Labute approximate surface area is 119 Å². The first-order valence-corrected chi connectivity index (χ1v) is 6.87. The monoisotopic (exact) mass is 271 g/mol. The molecule has 0 atom stereocenters. The van der Waals surface area contributed by atoms with Crippen LogP contribution in [0.1, 0.15) is 17.3 Å². The highest BCUT2D eigenvalue weighted by atomic mass is 16.1. The molecular formula is C16H21N3O.